The Labute approximate surface area is 190 Å². The first-order valence-electron chi connectivity index (χ1n) is 10.0. The van der Waals surface area contributed by atoms with E-state index < -0.39 is 29.8 Å². The van der Waals surface area contributed by atoms with E-state index in [9.17, 15) is 14.4 Å². The van der Waals surface area contributed by atoms with E-state index in [0.29, 0.717) is 11.3 Å². The fraction of sp³-hybridized carbons (Fsp3) is 0.160. The molecule has 162 valence electrons. The third-order valence-corrected chi connectivity index (χ3v) is 5.83. The maximum absolute atomic E-state index is 13.6. The van der Waals surface area contributed by atoms with E-state index in [1.165, 1.54) is 13.2 Å². The third-order valence-electron chi connectivity index (χ3n) is 5.53. The fourth-order valence-corrected chi connectivity index (χ4v) is 4.14. The molecule has 1 heterocycles. The molecule has 0 saturated carbocycles. The van der Waals surface area contributed by atoms with Gasteiger partial charge in [0.2, 0.25) is 0 Å². The zero-order valence-corrected chi connectivity index (χ0v) is 18.1. The van der Waals surface area contributed by atoms with Gasteiger partial charge in [0.05, 0.1) is 18.7 Å². The van der Waals surface area contributed by atoms with Crippen LogP contribution in [0.4, 0.5) is 4.79 Å². The van der Waals surface area contributed by atoms with Crippen molar-refractivity contribution in [1.82, 2.24) is 10.2 Å². The first kappa shape index (κ1) is 21.6. The number of imide groups is 1. The topological polar surface area (TPSA) is 75.7 Å². The minimum absolute atomic E-state index is 0.265. The lowest BCUT2D eigenvalue weighted by Crippen LogP contribution is -2.46. The number of nitrogens with one attached hydrogen (secondary N) is 1. The monoisotopic (exact) mass is 448 g/mol. The second-order valence-electron chi connectivity index (χ2n) is 7.53. The maximum atomic E-state index is 13.6. The van der Waals surface area contributed by atoms with Crippen molar-refractivity contribution in [3.05, 3.63) is 101 Å². The van der Waals surface area contributed by atoms with E-state index >= 15 is 0 Å². The Morgan fingerprint density at radius 3 is 2.28 bits per heavy atom. The van der Waals surface area contributed by atoms with Gasteiger partial charge in [0.15, 0.2) is 11.3 Å². The Morgan fingerprint density at radius 1 is 1.00 bits per heavy atom. The molecule has 3 amide bonds. The number of ether oxygens (including phenoxy) is 1. The van der Waals surface area contributed by atoms with E-state index in [2.05, 4.69) is 5.32 Å². The zero-order valence-electron chi connectivity index (χ0n) is 17.4. The Kier molecular flexibility index (Phi) is 5.97. The minimum atomic E-state index is -1.29. The van der Waals surface area contributed by atoms with Gasteiger partial charge >= 0.3 is 6.03 Å². The van der Waals surface area contributed by atoms with Crippen molar-refractivity contribution in [2.45, 2.75) is 12.0 Å². The summed E-state index contributed by atoms with van der Waals surface area (Å²) in [6.07, 6.45) is 0.265. The Balaban J connectivity index is 1.65. The van der Waals surface area contributed by atoms with Gasteiger partial charge < -0.3 is 10.1 Å². The largest absolute Gasteiger partial charge is 0.495 e. The molecule has 0 unspecified atom stereocenters. The lowest BCUT2D eigenvalue weighted by Gasteiger charge is -2.27. The van der Waals surface area contributed by atoms with Crippen LogP contribution in [0, 0.1) is 0 Å². The average molecular weight is 449 g/mol. The number of hydrogen-bond donors (Lipinski definition) is 1. The number of nitrogens with zero attached hydrogens (tertiary/aromatic N) is 1. The number of Topliss-reactive ketones (excluding diaryl/α,β-unsaturated/α-hetero) is 1. The molecule has 0 aromatic heterocycles. The van der Waals surface area contributed by atoms with Crippen molar-refractivity contribution in [2.75, 3.05) is 13.7 Å². The van der Waals surface area contributed by atoms with Crippen LogP contribution in [0.3, 0.4) is 0 Å². The predicted molar refractivity (Wildman–Crippen MR) is 121 cm³/mol. The Morgan fingerprint density at radius 2 is 1.66 bits per heavy atom. The lowest BCUT2D eigenvalue weighted by molar-refractivity contribution is -0.131. The highest BCUT2D eigenvalue weighted by Crippen LogP contribution is 2.33. The number of carbonyl (C=O) groups is 3. The van der Waals surface area contributed by atoms with E-state index in [0.717, 1.165) is 10.5 Å². The summed E-state index contributed by atoms with van der Waals surface area (Å²) in [5.74, 6) is -0.434. The van der Waals surface area contributed by atoms with Gasteiger partial charge in [-0.2, -0.15) is 0 Å². The van der Waals surface area contributed by atoms with Crippen molar-refractivity contribution < 1.29 is 19.1 Å². The molecule has 0 radical (unpaired) electrons. The molecular formula is C25H21ClN2O4. The van der Waals surface area contributed by atoms with Crippen LogP contribution in [-0.4, -0.2) is 36.3 Å². The van der Waals surface area contributed by atoms with Crippen molar-refractivity contribution in [3.8, 4) is 5.75 Å². The molecule has 0 aliphatic carbocycles. The molecule has 1 saturated heterocycles. The number of benzene rings is 3. The highest BCUT2D eigenvalue weighted by Gasteiger charge is 2.52. The predicted octanol–water partition coefficient (Wildman–Crippen LogP) is 4.22. The summed E-state index contributed by atoms with van der Waals surface area (Å²) in [5.41, 5.74) is 0.541. The highest BCUT2D eigenvalue weighted by molar-refractivity contribution is 6.32. The molecule has 0 bridgehead atoms. The first-order valence-corrected chi connectivity index (χ1v) is 10.4. The summed E-state index contributed by atoms with van der Waals surface area (Å²) in [5, 5.41) is 3.13. The summed E-state index contributed by atoms with van der Waals surface area (Å²) in [6.45, 7) is -0.392. The summed E-state index contributed by atoms with van der Waals surface area (Å²) >= 11 is 6.13. The number of urea groups is 1. The number of rotatable bonds is 7. The summed E-state index contributed by atoms with van der Waals surface area (Å²) in [7, 11) is 1.48. The number of hydrogen-bond acceptors (Lipinski definition) is 4. The fourth-order valence-electron chi connectivity index (χ4n) is 3.89. The first-order chi connectivity index (χ1) is 15.4. The molecule has 6 nitrogen and oxygen atoms in total. The van der Waals surface area contributed by atoms with Crippen molar-refractivity contribution in [2.24, 2.45) is 0 Å². The van der Waals surface area contributed by atoms with Gasteiger partial charge in [0.1, 0.15) is 5.75 Å². The maximum Gasteiger partial charge on any atom is 0.325 e. The van der Waals surface area contributed by atoms with Gasteiger partial charge in [-0.05, 0) is 29.3 Å². The molecule has 4 rings (SSSR count). The quantitative estimate of drug-likeness (QED) is 0.433. The molecule has 1 atom stereocenters. The van der Waals surface area contributed by atoms with Gasteiger partial charge in [-0.15, -0.1) is 0 Å². The lowest BCUT2D eigenvalue weighted by atomic mass is 9.83. The van der Waals surface area contributed by atoms with Crippen LogP contribution in [0.2, 0.25) is 5.02 Å². The molecule has 32 heavy (non-hydrogen) atoms. The number of amides is 3. The van der Waals surface area contributed by atoms with Gasteiger partial charge in [-0.1, -0.05) is 72.3 Å². The zero-order chi connectivity index (χ0) is 22.7. The minimum Gasteiger partial charge on any atom is -0.495 e. The molecule has 1 aliphatic rings. The van der Waals surface area contributed by atoms with Gasteiger partial charge in [-0.25, -0.2) is 4.79 Å². The van der Waals surface area contributed by atoms with Crippen LogP contribution in [0.5, 0.6) is 5.75 Å². The van der Waals surface area contributed by atoms with E-state index in [-0.39, 0.29) is 17.0 Å². The van der Waals surface area contributed by atoms with Crippen LogP contribution in [0.25, 0.3) is 0 Å². The second-order valence-corrected chi connectivity index (χ2v) is 7.93. The van der Waals surface area contributed by atoms with Crippen LogP contribution < -0.4 is 10.1 Å². The van der Waals surface area contributed by atoms with Gasteiger partial charge in [0.25, 0.3) is 5.91 Å². The third kappa shape index (κ3) is 3.97. The molecule has 3 aromatic carbocycles. The number of methoxy groups -OCH3 is 1. The molecule has 0 spiro atoms. The number of carbonyl (C=O) groups excluding carboxylic acids is 3. The van der Waals surface area contributed by atoms with Gasteiger partial charge in [0, 0.05) is 12.0 Å². The standard InChI is InChI=1S/C25H21ClN2O4/c1-32-22-13-12-18(14-20(22)26)21(29)16-28-23(30)25(27-24(28)31,19-10-6-3-7-11-19)15-17-8-4-2-5-9-17/h2-14H,15-16H2,1H3,(H,27,31)/t25-/m1/s1. The molecule has 1 aliphatic heterocycles. The van der Waals surface area contributed by atoms with E-state index in [1.807, 2.05) is 48.5 Å². The highest BCUT2D eigenvalue weighted by atomic mass is 35.5. The van der Waals surface area contributed by atoms with Crippen LogP contribution in [-0.2, 0) is 16.8 Å². The van der Waals surface area contributed by atoms with Crippen LogP contribution >= 0.6 is 11.6 Å². The van der Waals surface area contributed by atoms with Gasteiger partial charge in [-0.3, -0.25) is 14.5 Å². The molecule has 7 heteroatoms. The van der Waals surface area contributed by atoms with Crippen molar-refractivity contribution >= 4 is 29.3 Å². The number of halogens is 1. The summed E-state index contributed by atoms with van der Waals surface area (Å²) in [4.78, 5) is 40.4. The second kappa shape index (κ2) is 8.85. The number of ketones is 1. The smallest absolute Gasteiger partial charge is 0.325 e. The Hall–Kier alpha value is -3.64. The van der Waals surface area contributed by atoms with E-state index in [1.54, 1.807) is 24.3 Å². The van der Waals surface area contributed by atoms with Crippen LogP contribution in [0.15, 0.2) is 78.9 Å². The van der Waals surface area contributed by atoms with E-state index in [4.69, 9.17) is 16.3 Å². The SMILES string of the molecule is COc1ccc(C(=O)CN2C(=O)N[C@](Cc3ccccc3)(c3ccccc3)C2=O)cc1Cl. The molecular weight excluding hydrogens is 428 g/mol. The Bertz CT molecular complexity index is 1170. The molecule has 1 N–H and O–H groups in total. The summed E-state index contributed by atoms with van der Waals surface area (Å²) in [6, 6.07) is 22.5. The molecule has 3 aromatic rings. The normalized spacial score (nSPS) is 17.9. The van der Waals surface area contributed by atoms with Crippen LogP contribution in [0.1, 0.15) is 21.5 Å². The summed E-state index contributed by atoms with van der Waals surface area (Å²) < 4.78 is 5.11. The van der Waals surface area contributed by atoms with Crippen molar-refractivity contribution in [3.63, 3.8) is 0 Å². The molecule has 1 fully saturated rings. The average Bonchev–Trinajstić information content (AvgIpc) is 3.05. The van der Waals surface area contributed by atoms with Crippen molar-refractivity contribution in [1.29, 1.82) is 0 Å².